The van der Waals surface area contributed by atoms with Crippen molar-refractivity contribution in [1.29, 1.82) is 0 Å². The number of carbonyl (C=O) groups excluding carboxylic acids is 2. The molecule has 1 aliphatic rings. The van der Waals surface area contributed by atoms with Gasteiger partial charge in [-0.1, -0.05) is 11.8 Å². The molecule has 0 aromatic heterocycles. The maximum absolute atomic E-state index is 11.4. The topological polar surface area (TPSA) is 72.6 Å². The van der Waals surface area contributed by atoms with Crippen LogP contribution in [-0.4, -0.2) is 35.7 Å². The van der Waals surface area contributed by atoms with Crippen LogP contribution in [0.2, 0.25) is 0 Å². The van der Waals surface area contributed by atoms with Gasteiger partial charge in [0.05, 0.1) is 7.11 Å². The van der Waals surface area contributed by atoms with Crippen molar-refractivity contribution in [3.05, 3.63) is 24.3 Å². The highest BCUT2D eigenvalue weighted by molar-refractivity contribution is 8.00. The summed E-state index contributed by atoms with van der Waals surface area (Å²) >= 11 is 1.28. The normalized spacial score (nSPS) is 16.1. The molecule has 1 heterocycles. The predicted octanol–water partition coefficient (Wildman–Crippen LogP) is 0.831. The summed E-state index contributed by atoms with van der Waals surface area (Å²) in [6, 6.07) is 7.28. The number of hydrogen-bond donors (Lipinski definition) is 1. The number of hydrogen-bond acceptors (Lipinski definition) is 4. The number of rotatable bonds is 5. The minimum absolute atomic E-state index is 0.0280. The Balaban J connectivity index is 2.08. The molecule has 0 radical (unpaired) electrons. The molecule has 1 fully saturated rings. The van der Waals surface area contributed by atoms with Gasteiger partial charge in [-0.25, -0.2) is 0 Å². The lowest BCUT2D eigenvalue weighted by Gasteiger charge is -2.35. The van der Waals surface area contributed by atoms with E-state index in [0.717, 1.165) is 10.6 Å². The molecule has 5 nitrogen and oxygen atoms in total. The van der Waals surface area contributed by atoms with E-state index in [1.54, 1.807) is 19.2 Å². The number of nitrogens with two attached hydrogens (primary N) is 1. The van der Waals surface area contributed by atoms with Crippen molar-refractivity contribution in [3.8, 4) is 5.75 Å². The number of carbonyl (C=O) groups is 2. The summed E-state index contributed by atoms with van der Waals surface area (Å²) in [6.07, 6.45) is 0.493. The number of ether oxygens (including phenoxy) is 1. The molecule has 1 aliphatic heterocycles. The highest BCUT2D eigenvalue weighted by Gasteiger charge is 2.35. The second-order valence-corrected chi connectivity index (χ2v) is 5.04. The molecule has 0 saturated carbocycles. The Morgan fingerprint density at radius 3 is 2.50 bits per heavy atom. The maximum atomic E-state index is 11.4. The number of amides is 2. The van der Waals surface area contributed by atoms with Crippen LogP contribution in [0.15, 0.2) is 29.2 Å². The minimum Gasteiger partial charge on any atom is -0.497 e. The standard InChI is InChI=1S/C12H14N2O3S/c1-17-8-2-4-9(5-3-8)18-12(11(13)16)14-7-6-10(14)15/h2-5,12H,6-7H2,1H3,(H2,13,16). The molecule has 1 atom stereocenters. The van der Waals surface area contributed by atoms with Crippen molar-refractivity contribution < 1.29 is 14.3 Å². The Morgan fingerprint density at radius 1 is 1.44 bits per heavy atom. The third kappa shape index (κ3) is 2.59. The molecule has 1 unspecified atom stereocenters. The van der Waals surface area contributed by atoms with Gasteiger partial charge in [-0.15, -0.1) is 0 Å². The zero-order chi connectivity index (χ0) is 13.1. The number of methoxy groups -OCH3 is 1. The van der Waals surface area contributed by atoms with Crippen molar-refractivity contribution in [1.82, 2.24) is 4.90 Å². The number of benzene rings is 1. The van der Waals surface area contributed by atoms with Gasteiger partial charge >= 0.3 is 0 Å². The van der Waals surface area contributed by atoms with Crippen LogP contribution in [0.3, 0.4) is 0 Å². The first-order valence-electron chi connectivity index (χ1n) is 5.51. The molecule has 2 amide bonds. The molecular weight excluding hydrogens is 252 g/mol. The lowest BCUT2D eigenvalue weighted by Crippen LogP contribution is -2.53. The van der Waals surface area contributed by atoms with Gasteiger partial charge in [0.2, 0.25) is 5.91 Å². The molecule has 2 rings (SSSR count). The van der Waals surface area contributed by atoms with Crippen molar-refractivity contribution in [2.45, 2.75) is 16.7 Å². The van der Waals surface area contributed by atoms with Crippen LogP contribution in [0.5, 0.6) is 5.75 Å². The fraction of sp³-hybridized carbons (Fsp3) is 0.333. The highest BCUT2D eigenvalue weighted by Crippen LogP contribution is 2.30. The van der Waals surface area contributed by atoms with E-state index in [-0.39, 0.29) is 5.91 Å². The molecule has 1 saturated heterocycles. The van der Waals surface area contributed by atoms with E-state index >= 15 is 0 Å². The van der Waals surface area contributed by atoms with Gasteiger partial charge < -0.3 is 15.4 Å². The number of β-lactam (4-membered cyclic amide) rings is 1. The fourth-order valence-corrected chi connectivity index (χ4v) is 2.66. The second-order valence-electron chi connectivity index (χ2n) is 3.89. The molecule has 0 spiro atoms. The van der Waals surface area contributed by atoms with Crippen molar-refractivity contribution in [2.24, 2.45) is 5.73 Å². The quantitative estimate of drug-likeness (QED) is 0.633. The van der Waals surface area contributed by atoms with E-state index in [9.17, 15) is 9.59 Å². The highest BCUT2D eigenvalue weighted by atomic mass is 32.2. The Bertz CT molecular complexity index is 461. The summed E-state index contributed by atoms with van der Waals surface area (Å²) in [7, 11) is 1.59. The number of primary amides is 1. The van der Waals surface area contributed by atoms with Gasteiger partial charge in [0.1, 0.15) is 5.75 Å². The third-order valence-corrected chi connectivity index (χ3v) is 3.97. The monoisotopic (exact) mass is 266 g/mol. The zero-order valence-electron chi connectivity index (χ0n) is 9.96. The van der Waals surface area contributed by atoms with Gasteiger partial charge in [0.25, 0.3) is 5.91 Å². The molecule has 18 heavy (non-hydrogen) atoms. The summed E-state index contributed by atoms with van der Waals surface area (Å²) < 4.78 is 5.05. The van der Waals surface area contributed by atoms with Gasteiger partial charge in [0.15, 0.2) is 5.37 Å². The Morgan fingerprint density at radius 2 is 2.11 bits per heavy atom. The maximum Gasteiger partial charge on any atom is 0.251 e. The molecule has 0 aliphatic carbocycles. The molecule has 1 aromatic carbocycles. The first-order chi connectivity index (χ1) is 8.61. The molecule has 96 valence electrons. The smallest absolute Gasteiger partial charge is 0.251 e. The zero-order valence-corrected chi connectivity index (χ0v) is 10.8. The van der Waals surface area contributed by atoms with Gasteiger partial charge in [-0.3, -0.25) is 9.59 Å². The minimum atomic E-state index is -0.625. The van der Waals surface area contributed by atoms with Gasteiger partial charge in [-0.2, -0.15) is 0 Å². The van der Waals surface area contributed by atoms with Crippen LogP contribution in [0, 0.1) is 0 Å². The average molecular weight is 266 g/mol. The van der Waals surface area contributed by atoms with E-state index in [2.05, 4.69) is 0 Å². The van der Waals surface area contributed by atoms with Crippen LogP contribution in [0.25, 0.3) is 0 Å². The third-order valence-electron chi connectivity index (χ3n) is 2.72. The average Bonchev–Trinajstić information content (AvgIpc) is 2.37. The number of nitrogens with zero attached hydrogens (tertiary/aromatic N) is 1. The summed E-state index contributed by atoms with van der Waals surface area (Å²) in [5, 5.41) is -0.625. The molecular formula is C12H14N2O3S. The molecule has 0 bridgehead atoms. The summed E-state index contributed by atoms with van der Waals surface area (Å²) in [6.45, 7) is 0.593. The van der Waals surface area contributed by atoms with Crippen LogP contribution < -0.4 is 10.5 Å². The fourth-order valence-electron chi connectivity index (χ4n) is 1.64. The van der Waals surface area contributed by atoms with Crippen LogP contribution in [0.4, 0.5) is 0 Å². The van der Waals surface area contributed by atoms with E-state index in [4.69, 9.17) is 10.5 Å². The van der Waals surface area contributed by atoms with Gasteiger partial charge in [-0.05, 0) is 24.3 Å². The lowest BCUT2D eigenvalue weighted by atomic mass is 10.2. The summed E-state index contributed by atoms with van der Waals surface area (Å²) in [4.78, 5) is 25.1. The largest absolute Gasteiger partial charge is 0.497 e. The number of likely N-dealkylation sites (tertiary alicyclic amines) is 1. The Kier molecular flexibility index (Phi) is 3.76. The Labute approximate surface area is 109 Å². The number of thioether (sulfide) groups is 1. The van der Waals surface area contributed by atoms with Crippen molar-refractivity contribution in [2.75, 3.05) is 13.7 Å². The molecule has 1 aromatic rings. The van der Waals surface area contributed by atoms with Crippen LogP contribution >= 0.6 is 11.8 Å². The van der Waals surface area contributed by atoms with E-state index in [1.165, 1.54) is 16.7 Å². The Hall–Kier alpha value is -1.69. The summed E-state index contributed by atoms with van der Waals surface area (Å²) in [5.74, 6) is 0.221. The van der Waals surface area contributed by atoms with Crippen LogP contribution in [0.1, 0.15) is 6.42 Å². The van der Waals surface area contributed by atoms with Crippen LogP contribution in [-0.2, 0) is 9.59 Å². The lowest BCUT2D eigenvalue weighted by molar-refractivity contribution is -0.144. The van der Waals surface area contributed by atoms with Crippen molar-refractivity contribution in [3.63, 3.8) is 0 Å². The molecule has 2 N–H and O–H groups in total. The SMILES string of the molecule is COc1ccc(SC(C(N)=O)N2CCC2=O)cc1. The van der Waals surface area contributed by atoms with Gasteiger partial charge in [0, 0.05) is 17.9 Å². The van der Waals surface area contributed by atoms with E-state index in [1.807, 2.05) is 12.1 Å². The molecule has 6 heteroatoms. The predicted molar refractivity (Wildman–Crippen MR) is 68.2 cm³/mol. The first kappa shape index (κ1) is 12.8. The first-order valence-corrected chi connectivity index (χ1v) is 6.39. The van der Waals surface area contributed by atoms with E-state index in [0.29, 0.717) is 13.0 Å². The summed E-state index contributed by atoms with van der Waals surface area (Å²) in [5.41, 5.74) is 5.33. The van der Waals surface area contributed by atoms with E-state index < -0.39 is 11.3 Å². The second kappa shape index (κ2) is 5.30. The van der Waals surface area contributed by atoms with Crippen molar-refractivity contribution >= 4 is 23.6 Å².